The number of pyridine rings is 1. The number of hydrogen-bond donors (Lipinski definition) is 0. The average Bonchev–Trinajstić information content (AvgIpc) is 2.99. The summed E-state index contributed by atoms with van der Waals surface area (Å²) in [5.41, 5.74) is 1.45. The summed E-state index contributed by atoms with van der Waals surface area (Å²) in [4.78, 5) is 31.2. The van der Waals surface area contributed by atoms with Crippen molar-refractivity contribution in [3.8, 4) is 5.75 Å². The van der Waals surface area contributed by atoms with Crippen LogP contribution in [0, 0.1) is 0 Å². The van der Waals surface area contributed by atoms with Gasteiger partial charge in [-0.2, -0.15) is 0 Å². The maximum absolute atomic E-state index is 11.8. The smallest absolute Gasteiger partial charge is 0.259 e. The van der Waals surface area contributed by atoms with Crippen LogP contribution in [0.4, 0.5) is 5.82 Å². The summed E-state index contributed by atoms with van der Waals surface area (Å²) in [5.74, 6) is 1.17. The number of anilines is 1. The van der Waals surface area contributed by atoms with Gasteiger partial charge in [0, 0.05) is 26.8 Å². The molecule has 2 rings (SSSR count). The topological polar surface area (TPSA) is 67.2 Å². The largest absolute Gasteiger partial charge is 0.480 e. The lowest BCUT2D eigenvalue weighted by Gasteiger charge is -2.18. The van der Waals surface area contributed by atoms with Gasteiger partial charge >= 0.3 is 0 Å². The lowest BCUT2D eigenvalue weighted by Crippen LogP contribution is -2.27. The standard InChI is InChI=1S/C18H26N4O3/c1-5-7-10-21(13-23)18-14(6-2)19-17-15(9-8-11-22(17)18)25-12-16(24)20(3)4/h8-9,11,13H,5-7,10,12H2,1-4H3. The van der Waals surface area contributed by atoms with Crippen LogP contribution in [-0.4, -0.2) is 53.8 Å². The highest BCUT2D eigenvalue weighted by atomic mass is 16.5. The lowest BCUT2D eigenvalue weighted by molar-refractivity contribution is -0.130. The van der Waals surface area contributed by atoms with Gasteiger partial charge in [0.2, 0.25) is 6.41 Å². The number of aryl methyl sites for hydroxylation is 1. The van der Waals surface area contributed by atoms with E-state index >= 15 is 0 Å². The molecular formula is C18H26N4O3. The van der Waals surface area contributed by atoms with Crippen LogP contribution < -0.4 is 9.64 Å². The summed E-state index contributed by atoms with van der Waals surface area (Å²) in [6, 6.07) is 3.61. The first kappa shape index (κ1) is 18.8. The Bertz CT molecular complexity index is 739. The second-order valence-corrected chi connectivity index (χ2v) is 6.03. The number of aromatic nitrogens is 2. The zero-order valence-corrected chi connectivity index (χ0v) is 15.4. The molecule has 0 aliphatic heterocycles. The van der Waals surface area contributed by atoms with Crippen molar-refractivity contribution in [2.45, 2.75) is 33.1 Å². The van der Waals surface area contributed by atoms with Gasteiger partial charge in [0.25, 0.3) is 5.91 Å². The second kappa shape index (κ2) is 8.50. The molecule has 0 aromatic carbocycles. The van der Waals surface area contributed by atoms with Crippen LogP contribution in [0.5, 0.6) is 5.75 Å². The molecule has 0 spiro atoms. The van der Waals surface area contributed by atoms with E-state index < -0.39 is 0 Å². The van der Waals surface area contributed by atoms with Crippen LogP contribution >= 0.6 is 0 Å². The number of amides is 2. The Kier molecular flexibility index (Phi) is 6.38. The van der Waals surface area contributed by atoms with E-state index in [0.29, 0.717) is 24.4 Å². The molecule has 0 atom stereocenters. The van der Waals surface area contributed by atoms with Crippen molar-refractivity contribution in [2.75, 3.05) is 32.1 Å². The Hall–Kier alpha value is -2.57. The third-order valence-electron chi connectivity index (χ3n) is 4.00. The Morgan fingerprint density at radius 3 is 2.72 bits per heavy atom. The molecule has 136 valence electrons. The van der Waals surface area contributed by atoms with Gasteiger partial charge in [0.15, 0.2) is 18.0 Å². The third-order valence-corrected chi connectivity index (χ3v) is 4.00. The summed E-state index contributed by atoms with van der Waals surface area (Å²) in [5, 5.41) is 0. The van der Waals surface area contributed by atoms with Crippen molar-refractivity contribution in [3.63, 3.8) is 0 Å². The first-order chi connectivity index (χ1) is 12.0. The van der Waals surface area contributed by atoms with E-state index in [1.165, 1.54) is 4.90 Å². The number of rotatable bonds is 9. The fourth-order valence-corrected chi connectivity index (χ4v) is 2.54. The highest BCUT2D eigenvalue weighted by Gasteiger charge is 2.19. The predicted octanol–water partition coefficient (Wildman–Crippen LogP) is 2.13. The number of fused-ring (bicyclic) bond motifs is 1. The first-order valence-electron chi connectivity index (χ1n) is 8.58. The van der Waals surface area contributed by atoms with E-state index in [1.807, 2.05) is 23.6 Å². The molecule has 0 saturated heterocycles. The van der Waals surface area contributed by atoms with Crippen molar-refractivity contribution < 1.29 is 14.3 Å². The zero-order valence-electron chi connectivity index (χ0n) is 15.4. The first-order valence-corrected chi connectivity index (χ1v) is 8.58. The Morgan fingerprint density at radius 2 is 2.12 bits per heavy atom. The second-order valence-electron chi connectivity index (χ2n) is 6.03. The van der Waals surface area contributed by atoms with Crippen LogP contribution in [0.3, 0.4) is 0 Å². The number of carbonyl (C=O) groups is 2. The number of hydrogen-bond acceptors (Lipinski definition) is 4. The van der Waals surface area contributed by atoms with Crippen molar-refractivity contribution >= 4 is 23.8 Å². The average molecular weight is 346 g/mol. The Balaban J connectivity index is 2.41. The van der Waals surface area contributed by atoms with E-state index in [2.05, 4.69) is 11.9 Å². The minimum atomic E-state index is -0.123. The normalized spacial score (nSPS) is 10.7. The van der Waals surface area contributed by atoms with E-state index in [1.54, 1.807) is 25.1 Å². The van der Waals surface area contributed by atoms with Crippen molar-refractivity contribution in [2.24, 2.45) is 0 Å². The van der Waals surface area contributed by atoms with Gasteiger partial charge < -0.3 is 9.64 Å². The van der Waals surface area contributed by atoms with Crippen molar-refractivity contribution in [1.29, 1.82) is 0 Å². The summed E-state index contributed by atoms with van der Waals surface area (Å²) >= 11 is 0. The van der Waals surface area contributed by atoms with Gasteiger partial charge in [-0.1, -0.05) is 20.3 Å². The lowest BCUT2D eigenvalue weighted by atomic mass is 10.3. The number of ether oxygens (including phenoxy) is 1. The van der Waals surface area contributed by atoms with E-state index in [4.69, 9.17) is 4.74 Å². The predicted molar refractivity (Wildman–Crippen MR) is 97.1 cm³/mol. The van der Waals surface area contributed by atoms with Gasteiger partial charge in [0.1, 0.15) is 5.82 Å². The summed E-state index contributed by atoms with van der Waals surface area (Å²) in [6.07, 6.45) is 5.33. The SMILES string of the molecule is CCCCN(C=O)c1c(CC)nc2c(OCC(=O)N(C)C)cccn12. The van der Waals surface area contributed by atoms with Gasteiger partial charge in [-0.25, -0.2) is 4.98 Å². The van der Waals surface area contributed by atoms with Crippen LogP contribution in [0.15, 0.2) is 18.3 Å². The van der Waals surface area contributed by atoms with Crippen LogP contribution in [0.1, 0.15) is 32.4 Å². The molecule has 7 nitrogen and oxygen atoms in total. The Labute approximate surface area is 148 Å². The summed E-state index contributed by atoms with van der Waals surface area (Å²) < 4.78 is 7.53. The Morgan fingerprint density at radius 1 is 1.36 bits per heavy atom. The molecule has 2 heterocycles. The highest BCUT2D eigenvalue weighted by Crippen LogP contribution is 2.28. The number of likely N-dealkylation sites (N-methyl/N-ethyl adjacent to an activating group) is 1. The minimum Gasteiger partial charge on any atom is -0.480 e. The van der Waals surface area contributed by atoms with Gasteiger partial charge in [-0.15, -0.1) is 0 Å². The van der Waals surface area contributed by atoms with Gasteiger partial charge in [-0.05, 0) is 25.0 Å². The fourth-order valence-electron chi connectivity index (χ4n) is 2.54. The number of nitrogens with zero attached hydrogens (tertiary/aromatic N) is 4. The van der Waals surface area contributed by atoms with Crippen LogP contribution in [-0.2, 0) is 16.0 Å². The van der Waals surface area contributed by atoms with Crippen LogP contribution in [0.2, 0.25) is 0 Å². The monoisotopic (exact) mass is 346 g/mol. The molecule has 2 aromatic rings. The maximum atomic E-state index is 11.8. The van der Waals surface area contributed by atoms with E-state index in [-0.39, 0.29) is 12.5 Å². The minimum absolute atomic E-state index is 0.0520. The molecule has 2 aromatic heterocycles. The fraction of sp³-hybridized carbons (Fsp3) is 0.500. The number of carbonyl (C=O) groups excluding carboxylic acids is 2. The van der Waals surface area contributed by atoms with E-state index in [0.717, 1.165) is 30.8 Å². The van der Waals surface area contributed by atoms with Gasteiger partial charge in [0.05, 0.1) is 5.69 Å². The number of unbranched alkanes of at least 4 members (excludes halogenated alkanes) is 1. The summed E-state index contributed by atoms with van der Waals surface area (Å²) in [6.45, 7) is 4.69. The molecule has 0 bridgehead atoms. The zero-order chi connectivity index (χ0) is 18.4. The maximum Gasteiger partial charge on any atom is 0.259 e. The van der Waals surface area contributed by atoms with Crippen molar-refractivity contribution in [3.05, 3.63) is 24.0 Å². The third kappa shape index (κ3) is 4.10. The van der Waals surface area contributed by atoms with E-state index in [9.17, 15) is 9.59 Å². The molecule has 0 radical (unpaired) electrons. The molecule has 0 saturated carbocycles. The molecule has 2 amide bonds. The van der Waals surface area contributed by atoms with Crippen molar-refractivity contribution in [1.82, 2.24) is 14.3 Å². The quantitative estimate of drug-likeness (QED) is 0.652. The molecule has 7 heteroatoms. The van der Waals surface area contributed by atoms with Crippen LogP contribution in [0.25, 0.3) is 5.65 Å². The molecule has 0 aliphatic rings. The molecule has 0 fully saturated rings. The molecule has 0 unspecified atom stereocenters. The molecule has 0 N–H and O–H groups in total. The molecule has 25 heavy (non-hydrogen) atoms. The van der Waals surface area contributed by atoms with Gasteiger partial charge in [-0.3, -0.25) is 18.9 Å². The summed E-state index contributed by atoms with van der Waals surface area (Å²) in [7, 11) is 3.37. The molecular weight excluding hydrogens is 320 g/mol. The molecule has 0 aliphatic carbocycles. The number of imidazole rings is 1. The highest BCUT2D eigenvalue weighted by molar-refractivity contribution is 5.79.